The van der Waals surface area contributed by atoms with Crippen LogP contribution in [0.1, 0.15) is 38.8 Å². The van der Waals surface area contributed by atoms with Gasteiger partial charge in [0.1, 0.15) is 0 Å². The second kappa shape index (κ2) is 7.37. The molecular weight excluding hydrogens is 258 g/mol. The van der Waals surface area contributed by atoms with Gasteiger partial charge in [0.15, 0.2) is 0 Å². The normalized spacial score (nSPS) is 12.3. The van der Waals surface area contributed by atoms with E-state index in [0.717, 1.165) is 17.8 Å². The van der Waals surface area contributed by atoms with Gasteiger partial charge in [-0.2, -0.15) is 5.26 Å². The maximum atomic E-state index is 8.76. The van der Waals surface area contributed by atoms with Gasteiger partial charge in [-0.25, -0.2) is 0 Å². The van der Waals surface area contributed by atoms with Gasteiger partial charge in [0.2, 0.25) is 0 Å². The van der Waals surface area contributed by atoms with Crippen molar-refractivity contribution in [2.75, 3.05) is 18.0 Å². The second-order valence-electron chi connectivity index (χ2n) is 5.25. The second-order valence-corrected chi connectivity index (χ2v) is 5.65. The molecule has 1 aromatic carbocycles. The van der Waals surface area contributed by atoms with Crippen LogP contribution in [0.5, 0.6) is 0 Å². The fraction of sp³-hybridized carbons (Fsp3) is 0.533. The number of halogens is 1. The maximum Gasteiger partial charge on any atom is 0.0642 e. The van der Waals surface area contributed by atoms with Crippen molar-refractivity contribution in [1.29, 1.82) is 5.26 Å². The van der Waals surface area contributed by atoms with E-state index in [2.05, 4.69) is 24.8 Å². The smallest absolute Gasteiger partial charge is 0.0642 e. The van der Waals surface area contributed by atoms with Crippen molar-refractivity contribution in [1.82, 2.24) is 0 Å². The van der Waals surface area contributed by atoms with Crippen molar-refractivity contribution in [2.24, 2.45) is 11.7 Å². The zero-order valence-electron chi connectivity index (χ0n) is 11.9. The summed E-state index contributed by atoms with van der Waals surface area (Å²) < 4.78 is 0. The Balaban J connectivity index is 2.98. The Labute approximate surface area is 121 Å². The molecule has 0 aliphatic carbocycles. The van der Waals surface area contributed by atoms with E-state index in [1.807, 2.05) is 25.1 Å². The highest BCUT2D eigenvalue weighted by atomic mass is 35.5. The number of nitriles is 1. The number of nitrogens with zero attached hydrogens (tertiary/aromatic N) is 2. The van der Waals surface area contributed by atoms with E-state index in [1.165, 1.54) is 0 Å². The van der Waals surface area contributed by atoms with Crippen LogP contribution in [-0.4, -0.2) is 13.1 Å². The monoisotopic (exact) mass is 279 g/mol. The molecule has 0 amide bonds. The molecule has 0 saturated carbocycles. The first-order valence-corrected chi connectivity index (χ1v) is 7.00. The molecule has 104 valence electrons. The molecule has 0 fully saturated rings. The van der Waals surface area contributed by atoms with Crippen LogP contribution in [0, 0.1) is 17.2 Å². The lowest BCUT2D eigenvalue weighted by Gasteiger charge is -2.27. The lowest BCUT2D eigenvalue weighted by atomic mass is 10.1. The average molecular weight is 280 g/mol. The summed E-state index contributed by atoms with van der Waals surface area (Å²) in [6.07, 6.45) is 0.498. The SMILES string of the molecule is CC(C)CN(CCC#N)c1ccc(C(C)N)cc1Cl. The lowest BCUT2D eigenvalue weighted by Crippen LogP contribution is -2.28. The minimum Gasteiger partial charge on any atom is -0.369 e. The van der Waals surface area contributed by atoms with Gasteiger partial charge in [0.05, 0.1) is 23.2 Å². The number of nitrogens with two attached hydrogens (primary N) is 1. The Kier molecular flexibility index (Phi) is 6.14. The van der Waals surface area contributed by atoms with Crippen molar-refractivity contribution >= 4 is 17.3 Å². The summed E-state index contributed by atoms with van der Waals surface area (Å²) in [6.45, 7) is 7.84. The van der Waals surface area contributed by atoms with Gasteiger partial charge in [0, 0.05) is 19.1 Å². The van der Waals surface area contributed by atoms with Crippen LogP contribution in [0.15, 0.2) is 18.2 Å². The van der Waals surface area contributed by atoms with Crippen molar-refractivity contribution in [2.45, 2.75) is 33.2 Å². The van der Waals surface area contributed by atoms with E-state index in [1.54, 1.807) is 0 Å². The first kappa shape index (κ1) is 15.8. The van der Waals surface area contributed by atoms with Crippen LogP contribution < -0.4 is 10.6 Å². The molecule has 1 rings (SSSR count). The van der Waals surface area contributed by atoms with Crippen LogP contribution in [0.3, 0.4) is 0 Å². The van der Waals surface area contributed by atoms with Crippen LogP contribution in [-0.2, 0) is 0 Å². The summed E-state index contributed by atoms with van der Waals surface area (Å²) >= 11 is 6.35. The Morgan fingerprint density at radius 3 is 2.53 bits per heavy atom. The van der Waals surface area contributed by atoms with E-state index >= 15 is 0 Å². The largest absolute Gasteiger partial charge is 0.369 e. The number of anilines is 1. The molecule has 0 saturated heterocycles. The van der Waals surface area contributed by atoms with Gasteiger partial charge in [-0.1, -0.05) is 31.5 Å². The van der Waals surface area contributed by atoms with Gasteiger partial charge >= 0.3 is 0 Å². The summed E-state index contributed by atoms with van der Waals surface area (Å²) in [7, 11) is 0. The standard InChI is InChI=1S/C15H22ClN3/c1-11(2)10-19(8-4-7-17)15-6-5-13(12(3)18)9-14(15)16/h5-6,9,11-12H,4,8,10,18H2,1-3H3. The zero-order valence-corrected chi connectivity index (χ0v) is 12.6. The Hall–Kier alpha value is -1.24. The zero-order chi connectivity index (χ0) is 14.4. The summed E-state index contributed by atoms with van der Waals surface area (Å²) in [6, 6.07) is 8.09. The Morgan fingerprint density at radius 1 is 1.37 bits per heavy atom. The number of hydrogen-bond acceptors (Lipinski definition) is 3. The maximum absolute atomic E-state index is 8.76. The Bertz CT molecular complexity index is 449. The predicted molar refractivity (Wildman–Crippen MR) is 81.3 cm³/mol. The molecule has 19 heavy (non-hydrogen) atoms. The van der Waals surface area contributed by atoms with Crippen LogP contribution in [0.2, 0.25) is 5.02 Å². The lowest BCUT2D eigenvalue weighted by molar-refractivity contribution is 0.612. The molecule has 1 unspecified atom stereocenters. The minimum absolute atomic E-state index is 0.0239. The summed E-state index contributed by atoms with van der Waals surface area (Å²) in [4.78, 5) is 2.17. The van der Waals surface area contributed by atoms with Gasteiger partial charge in [-0.3, -0.25) is 0 Å². The quantitative estimate of drug-likeness (QED) is 0.863. The van der Waals surface area contributed by atoms with Gasteiger partial charge in [-0.15, -0.1) is 0 Å². The van der Waals surface area contributed by atoms with Gasteiger partial charge < -0.3 is 10.6 Å². The molecule has 3 nitrogen and oxygen atoms in total. The number of hydrogen-bond donors (Lipinski definition) is 1. The molecule has 0 aliphatic heterocycles. The molecule has 0 aliphatic rings. The van der Waals surface area contributed by atoms with E-state index in [9.17, 15) is 0 Å². The van der Waals surface area contributed by atoms with E-state index in [0.29, 0.717) is 23.9 Å². The van der Waals surface area contributed by atoms with Gasteiger partial charge in [-0.05, 0) is 30.5 Å². The van der Waals surface area contributed by atoms with Crippen molar-refractivity contribution < 1.29 is 0 Å². The number of rotatable bonds is 6. The van der Waals surface area contributed by atoms with Crippen LogP contribution in [0.4, 0.5) is 5.69 Å². The molecule has 0 radical (unpaired) electrons. The fourth-order valence-electron chi connectivity index (χ4n) is 2.00. The summed E-state index contributed by atoms with van der Waals surface area (Å²) in [5.74, 6) is 0.517. The van der Waals surface area contributed by atoms with Crippen molar-refractivity contribution in [3.8, 4) is 6.07 Å². The fourth-order valence-corrected chi connectivity index (χ4v) is 2.31. The molecule has 4 heteroatoms. The highest BCUT2D eigenvalue weighted by Crippen LogP contribution is 2.29. The molecule has 1 atom stereocenters. The topological polar surface area (TPSA) is 53.0 Å². The molecule has 1 aromatic rings. The third-order valence-corrected chi connectivity index (χ3v) is 3.22. The predicted octanol–water partition coefficient (Wildman–Crippen LogP) is 3.74. The first-order chi connectivity index (χ1) is 8.95. The van der Waals surface area contributed by atoms with Crippen molar-refractivity contribution in [3.63, 3.8) is 0 Å². The third-order valence-electron chi connectivity index (χ3n) is 2.92. The molecule has 0 spiro atoms. The highest BCUT2D eigenvalue weighted by molar-refractivity contribution is 6.33. The molecule has 0 bridgehead atoms. The average Bonchev–Trinajstić information content (AvgIpc) is 2.34. The van der Waals surface area contributed by atoms with Crippen molar-refractivity contribution in [3.05, 3.63) is 28.8 Å². The van der Waals surface area contributed by atoms with E-state index in [-0.39, 0.29) is 6.04 Å². The van der Waals surface area contributed by atoms with E-state index in [4.69, 9.17) is 22.6 Å². The first-order valence-electron chi connectivity index (χ1n) is 6.62. The highest BCUT2D eigenvalue weighted by Gasteiger charge is 2.13. The van der Waals surface area contributed by atoms with Crippen LogP contribution >= 0.6 is 11.6 Å². The van der Waals surface area contributed by atoms with E-state index < -0.39 is 0 Å². The summed E-state index contributed by atoms with van der Waals surface area (Å²) in [5.41, 5.74) is 7.86. The number of benzene rings is 1. The molecule has 2 N–H and O–H groups in total. The van der Waals surface area contributed by atoms with Crippen LogP contribution in [0.25, 0.3) is 0 Å². The molecule has 0 aromatic heterocycles. The summed E-state index contributed by atoms with van der Waals surface area (Å²) in [5, 5.41) is 9.46. The minimum atomic E-state index is -0.0239. The Morgan fingerprint density at radius 2 is 2.05 bits per heavy atom. The van der Waals surface area contributed by atoms with Gasteiger partial charge in [0.25, 0.3) is 0 Å². The molecular formula is C15H22ClN3. The molecule has 0 heterocycles. The third kappa shape index (κ3) is 4.74.